The van der Waals surface area contributed by atoms with Crippen LogP contribution in [0.3, 0.4) is 0 Å². The van der Waals surface area contributed by atoms with Crippen LogP contribution >= 0.6 is 27.7 Å². The van der Waals surface area contributed by atoms with Crippen LogP contribution in [0.1, 0.15) is 11.1 Å². The predicted octanol–water partition coefficient (Wildman–Crippen LogP) is 5.40. The van der Waals surface area contributed by atoms with Gasteiger partial charge in [-0.3, -0.25) is 0 Å². The highest BCUT2D eigenvalue weighted by molar-refractivity contribution is 9.08. The number of ether oxygens (including phenoxy) is 1. The van der Waals surface area contributed by atoms with Crippen molar-refractivity contribution < 1.29 is 4.74 Å². The van der Waals surface area contributed by atoms with E-state index in [0.717, 1.165) is 22.4 Å². The number of thioether (sulfide) groups is 1. The number of rotatable bonds is 4. The van der Waals surface area contributed by atoms with Crippen molar-refractivity contribution in [1.29, 1.82) is 0 Å². The zero-order valence-corrected chi connectivity index (χ0v) is 12.8. The van der Waals surface area contributed by atoms with Crippen molar-refractivity contribution in [2.24, 2.45) is 0 Å². The molecule has 0 saturated heterocycles. The van der Waals surface area contributed by atoms with Gasteiger partial charge in [0.05, 0.1) is 0 Å². The Morgan fingerprint density at radius 2 is 1.83 bits per heavy atom. The number of benzene rings is 2. The Balaban J connectivity index is 2.17. The maximum Gasteiger partial charge on any atom is 0.130 e. The molecule has 94 valence electrons. The first kappa shape index (κ1) is 13.5. The third kappa shape index (κ3) is 3.30. The Labute approximate surface area is 121 Å². The highest BCUT2D eigenvalue weighted by Crippen LogP contribution is 2.27. The molecule has 0 fully saturated rings. The molecule has 0 aliphatic rings. The summed E-state index contributed by atoms with van der Waals surface area (Å²) in [5.74, 6) is 1.79. The van der Waals surface area contributed by atoms with Crippen LogP contribution in [0.25, 0.3) is 0 Å². The summed E-state index contributed by atoms with van der Waals surface area (Å²) >= 11 is 5.19. The van der Waals surface area contributed by atoms with Crippen molar-refractivity contribution >= 4 is 27.7 Å². The van der Waals surface area contributed by atoms with Crippen molar-refractivity contribution in [3.63, 3.8) is 0 Å². The zero-order valence-electron chi connectivity index (χ0n) is 10.4. The van der Waals surface area contributed by atoms with Gasteiger partial charge in [-0.15, -0.1) is 11.8 Å². The van der Waals surface area contributed by atoms with E-state index >= 15 is 0 Å². The van der Waals surface area contributed by atoms with Gasteiger partial charge in [-0.1, -0.05) is 28.1 Å². The summed E-state index contributed by atoms with van der Waals surface area (Å²) in [6, 6.07) is 14.4. The Morgan fingerprint density at radius 1 is 1.11 bits per heavy atom. The Bertz CT molecular complexity index is 523. The highest BCUT2D eigenvalue weighted by atomic mass is 79.9. The molecule has 0 radical (unpaired) electrons. The first-order chi connectivity index (χ1) is 8.72. The minimum Gasteiger partial charge on any atom is -0.457 e. The lowest BCUT2D eigenvalue weighted by molar-refractivity contribution is 0.478. The Morgan fingerprint density at radius 3 is 2.39 bits per heavy atom. The van der Waals surface area contributed by atoms with Crippen molar-refractivity contribution in [3.8, 4) is 11.5 Å². The number of hydrogen-bond donors (Lipinski definition) is 0. The molecule has 0 amide bonds. The molecular weight excluding hydrogens is 308 g/mol. The summed E-state index contributed by atoms with van der Waals surface area (Å²) in [6.07, 6.45) is 2.07. The molecule has 1 nitrogen and oxygen atoms in total. The number of hydrogen-bond acceptors (Lipinski definition) is 2. The molecule has 0 aliphatic carbocycles. The quantitative estimate of drug-likeness (QED) is 0.550. The molecule has 0 saturated carbocycles. The lowest BCUT2D eigenvalue weighted by atomic mass is 10.1. The molecular formula is C15H15BrOS. The van der Waals surface area contributed by atoms with Gasteiger partial charge >= 0.3 is 0 Å². The van der Waals surface area contributed by atoms with Crippen LogP contribution in [0.15, 0.2) is 47.4 Å². The molecule has 18 heavy (non-hydrogen) atoms. The van der Waals surface area contributed by atoms with E-state index in [4.69, 9.17) is 4.74 Å². The van der Waals surface area contributed by atoms with Crippen LogP contribution in [0.4, 0.5) is 0 Å². The summed E-state index contributed by atoms with van der Waals surface area (Å²) in [5, 5.41) is 0.872. The van der Waals surface area contributed by atoms with Crippen molar-refractivity contribution in [2.75, 3.05) is 6.26 Å². The van der Waals surface area contributed by atoms with Gasteiger partial charge in [0.1, 0.15) is 11.5 Å². The SMILES string of the molecule is CSc1ccc(Oc2ccc(CBr)cc2C)cc1. The molecule has 0 heterocycles. The summed E-state index contributed by atoms with van der Waals surface area (Å²) < 4.78 is 5.88. The monoisotopic (exact) mass is 322 g/mol. The van der Waals surface area contributed by atoms with Gasteiger partial charge < -0.3 is 4.74 Å². The molecule has 2 aromatic carbocycles. The first-order valence-electron chi connectivity index (χ1n) is 5.70. The molecule has 3 heteroatoms. The third-order valence-electron chi connectivity index (χ3n) is 2.68. The topological polar surface area (TPSA) is 9.23 Å². The second kappa shape index (κ2) is 6.30. The first-order valence-corrected chi connectivity index (χ1v) is 8.05. The van der Waals surface area contributed by atoms with E-state index in [1.165, 1.54) is 10.5 Å². The maximum absolute atomic E-state index is 5.88. The van der Waals surface area contributed by atoms with Gasteiger partial charge in [-0.05, 0) is 54.6 Å². The fraction of sp³-hybridized carbons (Fsp3) is 0.200. The van der Waals surface area contributed by atoms with Gasteiger partial charge in [0.25, 0.3) is 0 Å². The largest absolute Gasteiger partial charge is 0.457 e. The molecule has 0 unspecified atom stereocenters. The van der Waals surface area contributed by atoms with Gasteiger partial charge in [0, 0.05) is 10.2 Å². The van der Waals surface area contributed by atoms with Gasteiger partial charge in [0.15, 0.2) is 0 Å². The lowest BCUT2D eigenvalue weighted by Crippen LogP contribution is -1.89. The summed E-state index contributed by atoms with van der Waals surface area (Å²) in [6.45, 7) is 2.07. The molecule has 0 atom stereocenters. The van der Waals surface area contributed by atoms with Gasteiger partial charge in [-0.25, -0.2) is 0 Å². The van der Waals surface area contributed by atoms with Crippen molar-refractivity contribution in [2.45, 2.75) is 17.1 Å². The van der Waals surface area contributed by atoms with E-state index in [9.17, 15) is 0 Å². The zero-order chi connectivity index (χ0) is 13.0. The van der Waals surface area contributed by atoms with E-state index in [0.29, 0.717) is 0 Å². The minimum atomic E-state index is 0.872. The molecule has 2 aromatic rings. The van der Waals surface area contributed by atoms with Crippen LogP contribution in [-0.2, 0) is 5.33 Å². The van der Waals surface area contributed by atoms with E-state index in [-0.39, 0.29) is 0 Å². The average molecular weight is 323 g/mol. The van der Waals surface area contributed by atoms with Crippen molar-refractivity contribution in [1.82, 2.24) is 0 Å². The second-order valence-corrected chi connectivity index (χ2v) is 5.45. The standard InChI is InChI=1S/C15H15BrOS/c1-11-9-12(10-16)3-8-15(11)17-13-4-6-14(18-2)7-5-13/h3-9H,10H2,1-2H3. The molecule has 0 aliphatic heterocycles. The number of alkyl halides is 1. The highest BCUT2D eigenvalue weighted by Gasteiger charge is 2.02. The summed E-state index contributed by atoms with van der Waals surface area (Å²) in [4.78, 5) is 1.24. The van der Waals surface area contributed by atoms with Crippen LogP contribution < -0.4 is 4.74 Å². The van der Waals surface area contributed by atoms with Crippen LogP contribution in [-0.4, -0.2) is 6.26 Å². The van der Waals surface area contributed by atoms with Crippen LogP contribution in [0.2, 0.25) is 0 Å². The smallest absolute Gasteiger partial charge is 0.130 e. The van der Waals surface area contributed by atoms with Gasteiger partial charge in [-0.2, -0.15) is 0 Å². The maximum atomic E-state index is 5.88. The number of aryl methyl sites for hydroxylation is 1. The summed E-state index contributed by atoms with van der Waals surface area (Å²) in [5.41, 5.74) is 2.42. The Kier molecular flexibility index (Phi) is 4.72. The van der Waals surface area contributed by atoms with E-state index in [1.54, 1.807) is 11.8 Å². The summed E-state index contributed by atoms with van der Waals surface area (Å²) in [7, 11) is 0. The third-order valence-corrected chi connectivity index (χ3v) is 4.07. The normalized spacial score (nSPS) is 10.4. The Hall–Kier alpha value is -0.930. The molecule has 0 aromatic heterocycles. The van der Waals surface area contributed by atoms with Gasteiger partial charge in [0.2, 0.25) is 0 Å². The fourth-order valence-electron chi connectivity index (χ4n) is 1.68. The molecule has 2 rings (SSSR count). The average Bonchev–Trinajstić information content (AvgIpc) is 2.42. The van der Waals surface area contributed by atoms with Crippen molar-refractivity contribution in [3.05, 3.63) is 53.6 Å². The molecule has 0 bridgehead atoms. The molecule has 0 N–H and O–H groups in total. The minimum absolute atomic E-state index is 0.872. The van der Waals surface area contributed by atoms with E-state index in [2.05, 4.69) is 53.4 Å². The molecule has 0 spiro atoms. The van der Waals surface area contributed by atoms with E-state index < -0.39 is 0 Å². The lowest BCUT2D eigenvalue weighted by Gasteiger charge is -2.10. The van der Waals surface area contributed by atoms with Crippen LogP contribution in [0, 0.1) is 6.92 Å². The second-order valence-electron chi connectivity index (χ2n) is 4.01. The number of halogens is 1. The predicted molar refractivity (Wildman–Crippen MR) is 82.1 cm³/mol. The fourth-order valence-corrected chi connectivity index (χ4v) is 2.44. The van der Waals surface area contributed by atoms with Crippen LogP contribution in [0.5, 0.6) is 11.5 Å². The van der Waals surface area contributed by atoms with E-state index in [1.807, 2.05) is 18.2 Å².